The maximum absolute atomic E-state index is 12.0. The van der Waals surface area contributed by atoms with Crippen LogP contribution < -0.4 is 4.74 Å². The Bertz CT molecular complexity index is 790. The lowest BCUT2D eigenvalue weighted by Gasteiger charge is -2.07. The third-order valence-corrected chi connectivity index (χ3v) is 4.07. The van der Waals surface area contributed by atoms with Crippen LogP contribution >= 0.6 is 11.3 Å². The van der Waals surface area contributed by atoms with Crippen LogP contribution in [0.4, 0.5) is 0 Å². The number of nitrogens with zero attached hydrogens (tertiary/aromatic N) is 1. The molecule has 0 aliphatic heterocycles. The molecular weight excluding hydrogens is 298 g/mol. The first-order valence-electron chi connectivity index (χ1n) is 6.88. The first kappa shape index (κ1) is 14.5. The molecule has 112 valence electrons. The molecule has 0 spiro atoms. The van der Waals surface area contributed by atoms with Crippen molar-refractivity contribution in [1.82, 2.24) is 4.98 Å². The van der Waals surface area contributed by atoms with Gasteiger partial charge in [0.1, 0.15) is 5.75 Å². The lowest BCUT2D eigenvalue weighted by atomic mass is 10.1. The van der Waals surface area contributed by atoms with Crippen molar-refractivity contribution in [3.8, 4) is 16.5 Å². The molecule has 5 heteroatoms. The summed E-state index contributed by atoms with van der Waals surface area (Å²) in [6.45, 7) is 3.93. The fourth-order valence-electron chi connectivity index (χ4n) is 2.12. The molecule has 3 aromatic rings. The summed E-state index contributed by atoms with van der Waals surface area (Å²) in [5, 5.41) is 2.61. The number of aryl methyl sites for hydroxylation is 2. The monoisotopic (exact) mass is 313 g/mol. The first-order valence-corrected chi connectivity index (χ1v) is 7.76. The fraction of sp³-hybridized carbons (Fsp3) is 0.176. The Morgan fingerprint density at radius 2 is 2.18 bits per heavy atom. The molecule has 0 aliphatic rings. The number of carbonyl (C=O) groups is 1. The standard InChI is InChI=1S/C17H15NO3S/c1-11-5-6-14(12(2)8-11)21-16(19)9-13-10-22-17(18-13)15-4-3-7-20-15/h3-8,10H,9H2,1-2H3. The molecule has 22 heavy (non-hydrogen) atoms. The summed E-state index contributed by atoms with van der Waals surface area (Å²) in [4.78, 5) is 16.4. The SMILES string of the molecule is Cc1ccc(OC(=O)Cc2csc(-c3ccco3)n2)c(C)c1. The van der Waals surface area contributed by atoms with Crippen LogP contribution in [0.2, 0.25) is 0 Å². The average molecular weight is 313 g/mol. The van der Waals surface area contributed by atoms with Gasteiger partial charge in [-0.05, 0) is 37.6 Å². The van der Waals surface area contributed by atoms with Crippen molar-refractivity contribution in [3.05, 3.63) is 58.8 Å². The fourth-order valence-corrected chi connectivity index (χ4v) is 2.91. The molecule has 2 heterocycles. The van der Waals surface area contributed by atoms with E-state index in [1.165, 1.54) is 11.3 Å². The van der Waals surface area contributed by atoms with E-state index >= 15 is 0 Å². The second-order valence-electron chi connectivity index (χ2n) is 5.04. The molecule has 0 unspecified atom stereocenters. The summed E-state index contributed by atoms with van der Waals surface area (Å²) in [7, 11) is 0. The van der Waals surface area contributed by atoms with Crippen LogP contribution in [-0.4, -0.2) is 11.0 Å². The van der Waals surface area contributed by atoms with E-state index in [1.807, 2.05) is 49.6 Å². The third kappa shape index (κ3) is 3.26. The van der Waals surface area contributed by atoms with Gasteiger partial charge < -0.3 is 9.15 Å². The Morgan fingerprint density at radius 1 is 1.32 bits per heavy atom. The van der Waals surface area contributed by atoms with E-state index < -0.39 is 0 Å². The second-order valence-corrected chi connectivity index (χ2v) is 5.90. The molecule has 0 N–H and O–H groups in total. The Hall–Kier alpha value is -2.40. The van der Waals surface area contributed by atoms with Gasteiger partial charge in [0.25, 0.3) is 0 Å². The summed E-state index contributed by atoms with van der Waals surface area (Å²) in [6, 6.07) is 9.38. The molecule has 3 rings (SSSR count). The Kier molecular flexibility index (Phi) is 4.06. The molecule has 2 aromatic heterocycles. The van der Waals surface area contributed by atoms with Crippen molar-refractivity contribution in [3.63, 3.8) is 0 Å². The number of hydrogen-bond acceptors (Lipinski definition) is 5. The van der Waals surface area contributed by atoms with Crippen molar-refractivity contribution in [2.24, 2.45) is 0 Å². The van der Waals surface area contributed by atoms with Gasteiger partial charge in [-0.25, -0.2) is 4.98 Å². The highest BCUT2D eigenvalue weighted by Crippen LogP contribution is 2.24. The average Bonchev–Trinajstić information content (AvgIpc) is 3.12. The topological polar surface area (TPSA) is 52.3 Å². The summed E-state index contributed by atoms with van der Waals surface area (Å²) < 4.78 is 10.7. The minimum atomic E-state index is -0.316. The molecule has 0 bridgehead atoms. The number of furan rings is 1. The predicted molar refractivity (Wildman–Crippen MR) is 85.1 cm³/mol. The number of benzene rings is 1. The molecule has 0 radical (unpaired) electrons. The number of carbonyl (C=O) groups excluding carboxylic acids is 1. The largest absolute Gasteiger partial charge is 0.462 e. The van der Waals surface area contributed by atoms with Gasteiger partial charge in [0, 0.05) is 5.38 Å². The van der Waals surface area contributed by atoms with Crippen LogP contribution in [0.25, 0.3) is 10.8 Å². The first-order chi connectivity index (χ1) is 10.6. The quantitative estimate of drug-likeness (QED) is 0.536. The van der Waals surface area contributed by atoms with Crippen LogP contribution in [-0.2, 0) is 11.2 Å². The van der Waals surface area contributed by atoms with Gasteiger partial charge in [-0.2, -0.15) is 0 Å². The van der Waals surface area contributed by atoms with Crippen LogP contribution in [0.15, 0.2) is 46.4 Å². The van der Waals surface area contributed by atoms with Gasteiger partial charge in [-0.3, -0.25) is 4.79 Å². The van der Waals surface area contributed by atoms with Crippen LogP contribution in [0, 0.1) is 13.8 Å². The third-order valence-electron chi connectivity index (χ3n) is 3.16. The molecule has 0 atom stereocenters. The van der Waals surface area contributed by atoms with E-state index in [0.717, 1.165) is 16.1 Å². The van der Waals surface area contributed by atoms with Crippen molar-refractivity contribution < 1.29 is 13.9 Å². The number of ether oxygens (including phenoxy) is 1. The molecule has 4 nitrogen and oxygen atoms in total. The summed E-state index contributed by atoms with van der Waals surface area (Å²) in [6.07, 6.45) is 1.75. The number of esters is 1. The maximum atomic E-state index is 12.0. The predicted octanol–water partition coefficient (Wildman–Crippen LogP) is 4.17. The zero-order valence-electron chi connectivity index (χ0n) is 12.3. The molecule has 0 saturated heterocycles. The molecule has 0 amide bonds. The van der Waals surface area contributed by atoms with Gasteiger partial charge in [0.2, 0.25) is 0 Å². The van der Waals surface area contributed by atoms with Gasteiger partial charge in [0.15, 0.2) is 10.8 Å². The lowest BCUT2D eigenvalue weighted by molar-refractivity contribution is -0.133. The minimum absolute atomic E-state index is 0.143. The van der Waals surface area contributed by atoms with E-state index in [2.05, 4.69) is 4.98 Å². The maximum Gasteiger partial charge on any atom is 0.317 e. The molecular formula is C17H15NO3S. The van der Waals surface area contributed by atoms with E-state index in [1.54, 1.807) is 6.26 Å². The smallest absolute Gasteiger partial charge is 0.317 e. The van der Waals surface area contributed by atoms with Crippen molar-refractivity contribution >= 4 is 17.3 Å². The Morgan fingerprint density at radius 3 is 2.91 bits per heavy atom. The molecule has 0 saturated carbocycles. The number of rotatable bonds is 4. The highest BCUT2D eigenvalue weighted by molar-refractivity contribution is 7.13. The van der Waals surface area contributed by atoms with Crippen molar-refractivity contribution in [2.75, 3.05) is 0 Å². The molecule has 0 fully saturated rings. The van der Waals surface area contributed by atoms with Crippen LogP contribution in [0.1, 0.15) is 16.8 Å². The molecule has 0 aliphatic carbocycles. The Labute approximate surface area is 132 Å². The lowest BCUT2D eigenvalue weighted by Crippen LogP contribution is -2.12. The normalized spacial score (nSPS) is 10.6. The van der Waals surface area contributed by atoms with Gasteiger partial charge in [0.05, 0.1) is 18.4 Å². The molecule has 1 aromatic carbocycles. The zero-order chi connectivity index (χ0) is 15.5. The minimum Gasteiger partial charge on any atom is -0.462 e. The number of thiazole rings is 1. The summed E-state index contributed by atoms with van der Waals surface area (Å²) >= 11 is 1.45. The van der Waals surface area contributed by atoms with Crippen LogP contribution in [0.3, 0.4) is 0 Å². The van der Waals surface area contributed by atoms with E-state index in [4.69, 9.17) is 9.15 Å². The van der Waals surface area contributed by atoms with E-state index in [9.17, 15) is 4.79 Å². The van der Waals surface area contributed by atoms with E-state index in [0.29, 0.717) is 17.2 Å². The van der Waals surface area contributed by atoms with Crippen molar-refractivity contribution in [1.29, 1.82) is 0 Å². The number of aromatic nitrogens is 1. The summed E-state index contributed by atoms with van der Waals surface area (Å²) in [5.74, 6) is 0.985. The number of hydrogen-bond donors (Lipinski definition) is 0. The van der Waals surface area contributed by atoms with Gasteiger partial charge in [-0.15, -0.1) is 11.3 Å². The second kappa shape index (κ2) is 6.15. The van der Waals surface area contributed by atoms with Gasteiger partial charge >= 0.3 is 5.97 Å². The van der Waals surface area contributed by atoms with E-state index in [-0.39, 0.29) is 12.4 Å². The zero-order valence-corrected chi connectivity index (χ0v) is 13.1. The highest BCUT2D eigenvalue weighted by atomic mass is 32.1. The van der Waals surface area contributed by atoms with Crippen LogP contribution in [0.5, 0.6) is 5.75 Å². The highest BCUT2D eigenvalue weighted by Gasteiger charge is 2.13. The van der Waals surface area contributed by atoms with Crippen molar-refractivity contribution in [2.45, 2.75) is 20.3 Å². The van der Waals surface area contributed by atoms with Gasteiger partial charge in [-0.1, -0.05) is 17.7 Å². The Balaban J connectivity index is 1.67. The summed E-state index contributed by atoms with van der Waals surface area (Å²) in [5.41, 5.74) is 2.77.